The Bertz CT molecular complexity index is 562. The molecular formula is C23H43IN4O. The van der Waals surface area contributed by atoms with Gasteiger partial charge in [-0.25, -0.2) is 4.99 Å². The zero-order valence-corrected chi connectivity index (χ0v) is 21.7. The molecule has 1 rings (SSSR count). The van der Waals surface area contributed by atoms with Gasteiger partial charge < -0.3 is 20.3 Å². The van der Waals surface area contributed by atoms with Crippen LogP contribution in [0.2, 0.25) is 0 Å². The topological polar surface area (TPSA) is 48.9 Å². The lowest BCUT2D eigenvalue weighted by Gasteiger charge is -2.21. The second kappa shape index (κ2) is 16.9. The number of nitrogens with one attached hydrogen (secondary N) is 2. The van der Waals surface area contributed by atoms with Gasteiger partial charge in [0.2, 0.25) is 0 Å². The van der Waals surface area contributed by atoms with Crippen molar-refractivity contribution in [3.05, 3.63) is 35.4 Å². The molecule has 0 saturated heterocycles. The Morgan fingerprint density at radius 1 is 1.10 bits per heavy atom. The van der Waals surface area contributed by atoms with Crippen molar-refractivity contribution in [1.82, 2.24) is 15.5 Å². The molecule has 0 amide bonds. The van der Waals surface area contributed by atoms with E-state index in [-0.39, 0.29) is 30.1 Å². The number of benzene rings is 1. The van der Waals surface area contributed by atoms with E-state index in [9.17, 15) is 0 Å². The Hall–Kier alpha value is -0.860. The van der Waals surface area contributed by atoms with Gasteiger partial charge in [-0.15, -0.1) is 24.0 Å². The molecule has 29 heavy (non-hydrogen) atoms. The number of hydrogen-bond acceptors (Lipinski definition) is 3. The van der Waals surface area contributed by atoms with Crippen molar-refractivity contribution in [3.63, 3.8) is 0 Å². The van der Waals surface area contributed by atoms with Gasteiger partial charge in [-0.1, -0.05) is 38.1 Å². The second-order valence-corrected chi connectivity index (χ2v) is 7.59. The van der Waals surface area contributed by atoms with Crippen LogP contribution >= 0.6 is 24.0 Å². The van der Waals surface area contributed by atoms with Crippen LogP contribution in [0.5, 0.6) is 0 Å². The van der Waals surface area contributed by atoms with Crippen molar-refractivity contribution in [2.45, 2.75) is 79.7 Å². The molecule has 1 unspecified atom stereocenters. The molecule has 0 fully saturated rings. The lowest BCUT2D eigenvalue weighted by Crippen LogP contribution is -2.42. The summed E-state index contributed by atoms with van der Waals surface area (Å²) in [7, 11) is 0. The predicted octanol–water partition coefficient (Wildman–Crippen LogP) is 4.80. The fourth-order valence-corrected chi connectivity index (χ4v) is 3.04. The average Bonchev–Trinajstić information content (AvgIpc) is 2.68. The maximum Gasteiger partial charge on any atom is 0.191 e. The van der Waals surface area contributed by atoms with E-state index >= 15 is 0 Å². The van der Waals surface area contributed by atoms with Crippen molar-refractivity contribution in [1.29, 1.82) is 0 Å². The molecule has 0 aromatic heterocycles. The Morgan fingerprint density at radius 3 is 2.41 bits per heavy atom. The first-order chi connectivity index (χ1) is 13.5. The minimum Gasteiger partial charge on any atom is -0.374 e. The molecular weight excluding hydrogens is 475 g/mol. The van der Waals surface area contributed by atoms with Crippen LogP contribution in [0.25, 0.3) is 0 Å². The standard InChI is InChI=1S/C23H42N4O.HI/c1-7-24-23(26-20(6)12-11-15-27(8-2)9-3)25-17-21-13-10-14-22(16-21)18-28-19(4)5;/h10,13-14,16,19-20H,7-9,11-12,15,17-18H2,1-6H3,(H2,24,25,26);1H. The average molecular weight is 519 g/mol. The van der Waals surface area contributed by atoms with Crippen molar-refractivity contribution in [3.8, 4) is 0 Å². The highest BCUT2D eigenvalue weighted by molar-refractivity contribution is 14.0. The summed E-state index contributed by atoms with van der Waals surface area (Å²) in [5.41, 5.74) is 2.40. The maximum absolute atomic E-state index is 5.71. The summed E-state index contributed by atoms with van der Waals surface area (Å²) in [6.07, 6.45) is 2.59. The largest absolute Gasteiger partial charge is 0.374 e. The molecule has 1 aromatic rings. The summed E-state index contributed by atoms with van der Waals surface area (Å²) in [6.45, 7) is 18.5. The fraction of sp³-hybridized carbons (Fsp3) is 0.696. The van der Waals surface area contributed by atoms with E-state index < -0.39 is 0 Å². The highest BCUT2D eigenvalue weighted by atomic mass is 127. The molecule has 0 saturated carbocycles. The van der Waals surface area contributed by atoms with Crippen LogP contribution in [0.4, 0.5) is 0 Å². The van der Waals surface area contributed by atoms with Crippen LogP contribution in [0.15, 0.2) is 29.3 Å². The van der Waals surface area contributed by atoms with Gasteiger partial charge in [0.15, 0.2) is 5.96 Å². The number of nitrogens with zero attached hydrogens (tertiary/aromatic N) is 2. The van der Waals surface area contributed by atoms with Gasteiger partial charge in [0.1, 0.15) is 0 Å². The van der Waals surface area contributed by atoms with Crippen molar-refractivity contribution in [2.24, 2.45) is 4.99 Å². The first-order valence-corrected chi connectivity index (χ1v) is 10.9. The van der Waals surface area contributed by atoms with Gasteiger partial charge in [0.25, 0.3) is 0 Å². The summed E-state index contributed by atoms with van der Waals surface area (Å²) in [5.74, 6) is 0.890. The number of ether oxygens (including phenoxy) is 1. The normalized spacial score (nSPS) is 12.8. The van der Waals surface area contributed by atoms with Gasteiger partial charge in [-0.2, -0.15) is 0 Å². The smallest absolute Gasteiger partial charge is 0.191 e. The minimum atomic E-state index is 0. The molecule has 0 bridgehead atoms. The van der Waals surface area contributed by atoms with Crippen LogP contribution in [-0.4, -0.2) is 49.2 Å². The Morgan fingerprint density at radius 2 is 1.79 bits per heavy atom. The quantitative estimate of drug-likeness (QED) is 0.224. The maximum atomic E-state index is 5.71. The highest BCUT2D eigenvalue weighted by Gasteiger charge is 2.07. The fourth-order valence-electron chi connectivity index (χ4n) is 3.04. The van der Waals surface area contributed by atoms with Gasteiger partial charge in [0, 0.05) is 12.6 Å². The summed E-state index contributed by atoms with van der Waals surface area (Å²) in [4.78, 5) is 7.25. The van der Waals surface area contributed by atoms with Gasteiger partial charge in [-0.05, 0) is 71.3 Å². The minimum absolute atomic E-state index is 0. The Kier molecular flexibility index (Phi) is 16.4. The summed E-state index contributed by atoms with van der Waals surface area (Å²) in [6, 6.07) is 8.90. The molecule has 1 atom stereocenters. The molecule has 0 radical (unpaired) electrons. The van der Waals surface area contributed by atoms with Crippen LogP contribution in [-0.2, 0) is 17.9 Å². The lowest BCUT2D eigenvalue weighted by atomic mass is 10.1. The third kappa shape index (κ3) is 13.1. The number of hydrogen-bond donors (Lipinski definition) is 2. The third-order valence-electron chi connectivity index (χ3n) is 4.73. The SMILES string of the molecule is CCNC(=NCc1cccc(COC(C)C)c1)NC(C)CCCN(CC)CC.I. The second-order valence-electron chi connectivity index (χ2n) is 7.59. The zero-order valence-electron chi connectivity index (χ0n) is 19.3. The van der Waals surface area contributed by atoms with Crippen LogP contribution in [0.1, 0.15) is 65.5 Å². The van der Waals surface area contributed by atoms with Crippen molar-refractivity contribution in [2.75, 3.05) is 26.2 Å². The summed E-state index contributed by atoms with van der Waals surface area (Å²) >= 11 is 0. The summed E-state index contributed by atoms with van der Waals surface area (Å²) in [5, 5.41) is 6.91. The molecule has 1 aromatic carbocycles. The third-order valence-corrected chi connectivity index (χ3v) is 4.73. The van der Waals surface area contributed by atoms with Crippen molar-refractivity contribution >= 4 is 29.9 Å². The number of rotatable bonds is 13. The number of halogens is 1. The Labute approximate surface area is 196 Å². The number of guanidine groups is 1. The van der Waals surface area contributed by atoms with E-state index in [2.05, 4.69) is 81.3 Å². The first kappa shape index (κ1) is 28.1. The van der Waals surface area contributed by atoms with E-state index in [0.717, 1.165) is 38.6 Å². The molecule has 0 aliphatic heterocycles. The molecule has 2 N–H and O–H groups in total. The Balaban J connectivity index is 0.00000784. The number of aliphatic imine (C=N–C) groups is 1. The van der Waals surface area contributed by atoms with Gasteiger partial charge in [0.05, 0.1) is 19.3 Å². The van der Waals surface area contributed by atoms with E-state index in [4.69, 9.17) is 9.73 Å². The van der Waals surface area contributed by atoms with Crippen LogP contribution < -0.4 is 10.6 Å². The molecule has 0 heterocycles. The zero-order chi connectivity index (χ0) is 20.8. The molecule has 168 valence electrons. The van der Waals surface area contributed by atoms with E-state index in [1.165, 1.54) is 17.5 Å². The van der Waals surface area contributed by atoms with Crippen molar-refractivity contribution < 1.29 is 4.74 Å². The lowest BCUT2D eigenvalue weighted by molar-refractivity contribution is 0.0657. The molecule has 0 aliphatic carbocycles. The first-order valence-electron chi connectivity index (χ1n) is 10.9. The molecule has 5 nitrogen and oxygen atoms in total. The molecule has 6 heteroatoms. The monoisotopic (exact) mass is 518 g/mol. The predicted molar refractivity (Wildman–Crippen MR) is 136 cm³/mol. The van der Waals surface area contributed by atoms with Gasteiger partial charge in [-0.3, -0.25) is 0 Å². The highest BCUT2D eigenvalue weighted by Crippen LogP contribution is 2.09. The molecule has 0 spiro atoms. The summed E-state index contributed by atoms with van der Waals surface area (Å²) < 4.78 is 5.71. The van der Waals surface area contributed by atoms with E-state index in [0.29, 0.717) is 19.2 Å². The van der Waals surface area contributed by atoms with Crippen LogP contribution in [0, 0.1) is 0 Å². The van der Waals surface area contributed by atoms with Crippen LogP contribution in [0.3, 0.4) is 0 Å². The van der Waals surface area contributed by atoms with E-state index in [1.807, 2.05) is 0 Å². The molecule has 0 aliphatic rings. The van der Waals surface area contributed by atoms with Gasteiger partial charge >= 0.3 is 0 Å². The van der Waals surface area contributed by atoms with E-state index in [1.54, 1.807) is 0 Å².